The fourth-order valence-corrected chi connectivity index (χ4v) is 3.47. The summed E-state index contributed by atoms with van der Waals surface area (Å²) >= 11 is 0. The third kappa shape index (κ3) is 3.21. The van der Waals surface area contributed by atoms with E-state index in [-0.39, 0.29) is 0 Å². The van der Waals surface area contributed by atoms with Gasteiger partial charge in [0.05, 0.1) is 0 Å². The van der Waals surface area contributed by atoms with E-state index in [2.05, 4.69) is 11.8 Å². The zero-order chi connectivity index (χ0) is 11.4. The van der Waals surface area contributed by atoms with Gasteiger partial charge in [-0.15, -0.1) is 0 Å². The van der Waals surface area contributed by atoms with Crippen molar-refractivity contribution >= 4 is 0 Å². The quantitative estimate of drug-likeness (QED) is 0.798. The zero-order valence-electron chi connectivity index (χ0n) is 10.8. The van der Waals surface area contributed by atoms with Crippen molar-refractivity contribution in [3.05, 3.63) is 0 Å². The Labute approximate surface area is 101 Å². The molecule has 2 fully saturated rings. The lowest BCUT2D eigenvalue weighted by Gasteiger charge is -2.39. The third-order valence-corrected chi connectivity index (χ3v) is 4.60. The molecule has 1 atom stereocenters. The van der Waals surface area contributed by atoms with E-state index in [0.717, 1.165) is 12.0 Å². The molecule has 0 aromatic rings. The topological polar surface area (TPSA) is 29.3 Å². The summed E-state index contributed by atoms with van der Waals surface area (Å²) in [5, 5.41) is 0. The van der Waals surface area contributed by atoms with Crippen LogP contribution in [0, 0.1) is 5.92 Å². The SMILES string of the molecule is CCC1CCCCN1CC1CCC(N)CC1. The molecule has 2 nitrogen and oxygen atoms in total. The highest BCUT2D eigenvalue weighted by Gasteiger charge is 2.25. The van der Waals surface area contributed by atoms with Crippen molar-refractivity contribution in [3.63, 3.8) is 0 Å². The summed E-state index contributed by atoms with van der Waals surface area (Å²) in [5.74, 6) is 0.937. The molecule has 1 saturated heterocycles. The van der Waals surface area contributed by atoms with Crippen LogP contribution < -0.4 is 5.73 Å². The summed E-state index contributed by atoms with van der Waals surface area (Å²) in [6.07, 6.45) is 10.9. The molecular formula is C14H28N2. The Kier molecular flexibility index (Phi) is 4.66. The van der Waals surface area contributed by atoms with E-state index >= 15 is 0 Å². The molecule has 0 radical (unpaired) electrons. The number of piperidine rings is 1. The lowest BCUT2D eigenvalue weighted by Crippen LogP contribution is -2.43. The Balaban J connectivity index is 1.78. The van der Waals surface area contributed by atoms with Crippen LogP contribution in [0.4, 0.5) is 0 Å². The van der Waals surface area contributed by atoms with Gasteiger partial charge >= 0.3 is 0 Å². The summed E-state index contributed by atoms with van der Waals surface area (Å²) < 4.78 is 0. The molecule has 2 heteroatoms. The summed E-state index contributed by atoms with van der Waals surface area (Å²) in [6.45, 7) is 5.05. The van der Waals surface area contributed by atoms with Crippen LogP contribution in [0.1, 0.15) is 58.3 Å². The van der Waals surface area contributed by atoms with E-state index in [1.54, 1.807) is 0 Å². The Morgan fingerprint density at radius 2 is 1.81 bits per heavy atom. The Hall–Kier alpha value is -0.0800. The Bertz CT molecular complexity index is 197. The van der Waals surface area contributed by atoms with Crippen molar-refractivity contribution in [1.82, 2.24) is 4.90 Å². The van der Waals surface area contributed by atoms with Gasteiger partial charge < -0.3 is 10.6 Å². The highest BCUT2D eigenvalue weighted by molar-refractivity contribution is 4.81. The van der Waals surface area contributed by atoms with Gasteiger partial charge in [-0.2, -0.15) is 0 Å². The van der Waals surface area contributed by atoms with Crippen LogP contribution in [-0.4, -0.2) is 30.1 Å². The first-order valence-corrected chi connectivity index (χ1v) is 7.29. The normalized spacial score (nSPS) is 37.5. The molecule has 0 amide bonds. The maximum absolute atomic E-state index is 5.97. The first kappa shape index (κ1) is 12.4. The van der Waals surface area contributed by atoms with Crippen LogP contribution in [0.15, 0.2) is 0 Å². The fourth-order valence-electron chi connectivity index (χ4n) is 3.47. The Morgan fingerprint density at radius 1 is 1.06 bits per heavy atom. The predicted molar refractivity (Wildman–Crippen MR) is 69.4 cm³/mol. The summed E-state index contributed by atoms with van der Waals surface area (Å²) in [4.78, 5) is 2.77. The number of hydrogen-bond donors (Lipinski definition) is 1. The minimum absolute atomic E-state index is 0.500. The number of rotatable bonds is 3. The summed E-state index contributed by atoms with van der Waals surface area (Å²) in [6, 6.07) is 1.38. The maximum atomic E-state index is 5.97. The number of likely N-dealkylation sites (tertiary alicyclic amines) is 1. The molecule has 2 N–H and O–H groups in total. The molecule has 2 aliphatic rings. The minimum atomic E-state index is 0.500. The van der Waals surface area contributed by atoms with E-state index in [0.29, 0.717) is 6.04 Å². The van der Waals surface area contributed by atoms with Crippen molar-refractivity contribution in [1.29, 1.82) is 0 Å². The van der Waals surface area contributed by atoms with Crippen molar-refractivity contribution in [2.24, 2.45) is 11.7 Å². The van der Waals surface area contributed by atoms with Gasteiger partial charge in [0.1, 0.15) is 0 Å². The summed E-state index contributed by atoms with van der Waals surface area (Å²) in [5.41, 5.74) is 5.97. The van der Waals surface area contributed by atoms with E-state index in [1.807, 2.05) is 0 Å². The molecule has 0 aromatic carbocycles. The monoisotopic (exact) mass is 224 g/mol. The molecule has 1 unspecified atom stereocenters. The molecular weight excluding hydrogens is 196 g/mol. The van der Waals surface area contributed by atoms with E-state index < -0.39 is 0 Å². The molecule has 16 heavy (non-hydrogen) atoms. The number of nitrogens with zero attached hydrogens (tertiary/aromatic N) is 1. The lowest BCUT2D eigenvalue weighted by molar-refractivity contribution is 0.108. The van der Waals surface area contributed by atoms with Gasteiger partial charge in [-0.05, 0) is 57.4 Å². The fraction of sp³-hybridized carbons (Fsp3) is 1.00. The molecule has 2 rings (SSSR count). The molecule has 1 aliphatic heterocycles. The van der Waals surface area contributed by atoms with Crippen LogP contribution in [-0.2, 0) is 0 Å². The van der Waals surface area contributed by atoms with Crippen LogP contribution in [0.2, 0.25) is 0 Å². The predicted octanol–water partition coefficient (Wildman–Crippen LogP) is 2.77. The van der Waals surface area contributed by atoms with Crippen molar-refractivity contribution < 1.29 is 0 Å². The first-order valence-electron chi connectivity index (χ1n) is 7.29. The second kappa shape index (κ2) is 6.02. The lowest BCUT2D eigenvalue weighted by atomic mass is 9.85. The van der Waals surface area contributed by atoms with Gasteiger partial charge in [0, 0.05) is 18.6 Å². The van der Waals surface area contributed by atoms with Crippen molar-refractivity contribution in [3.8, 4) is 0 Å². The molecule has 0 bridgehead atoms. The molecule has 94 valence electrons. The van der Waals surface area contributed by atoms with Gasteiger partial charge in [-0.3, -0.25) is 0 Å². The van der Waals surface area contributed by atoms with Crippen LogP contribution in [0.3, 0.4) is 0 Å². The smallest absolute Gasteiger partial charge is 0.00927 e. The average molecular weight is 224 g/mol. The van der Waals surface area contributed by atoms with Crippen LogP contribution >= 0.6 is 0 Å². The van der Waals surface area contributed by atoms with E-state index in [9.17, 15) is 0 Å². The highest BCUT2D eigenvalue weighted by Crippen LogP contribution is 2.27. The minimum Gasteiger partial charge on any atom is -0.328 e. The summed E-state index contributed by atoms with van der Waals surface area (Å²) in [7, 11) is 0. The molecule has 0 aromatic heterocycles. The highest BCUT2D eigenvalue weighted by atomic mass is 15.2. The van der Waals surface area contributed by atoms with Crippen LogP contribution in [0.25, 0.3) is 0 Å². The van der Waals surface area contributed by atoms with E-state index in [4.69, 9.17) is 5.73 Å². The van der Waals surface area contributed by atoms with Gasteiger partial charge in [0.2, 0.25) is 0 Å². The van der Waals surface area contributed by atoms with E-state index in [1.165, 1.54) is 64.5 Å². The third-order valence-electron chi connectivity index (χ3n) is 4.60. The molecule has 1 aliphatic carbocycles. The second-order valence-electron chi connectivity index (χ2n) is 5.83. The Morgan fingerprint density at radius 3 is 2.50 bits per heavy atom. The first-order chi connectivity index (χ1) is 7.79. The van der Waals surface area contributed by atoms with Gasteiger partial charge in [-0.1, -0.05) is 13.3 Å². The second-order valence-corrected chi connectivity index (χ2v) is 5.83. The number of nitrogens with two attached hydrogens (primary N) is 1. The van der Waals surface area contributed by atoms with Gasteiger partial charge in [-0.25, -0.2) is 0 Å². The van der Waals surface area contributed by atoms with Gasteiger partial charge in [0.25, 0.3) is 0 Å². The largest absolute Gasteiger partial charge is 0.328 e. The zero-order valence-corrected chi connectivity index (χ0v) is 10.8. The standard InChI is InChI=1S/C14H28N2/c1-2-14-5-3-4-10-16(14)11-12-6-8-13(15)9-7-12/h12-14H,2-11,15H2,1H3. The average Bonchev–Trinajstić information content (AvgIpc) is 2.33. The van der Waals surface area contributed by atoms with Crippen molar-refractivity contribution in [2.45, 2.75) is 70.4 Å². The molecule has 1 saturated carbocycles. The van der Waals surface area contributed by atoms with Gasteiger partial charge in [0.15, 0.2) is 0 Å². The maximum Gasteiger partial charge on any atom is 0.00927 e. The molecule has 1 heterocycles. The van der Waals surface area contributed by atoms with Crippen molar-refractivity contribution in [2.75, 3.05) is 13.1 Å². The van der Waals surface area contributed by atoms with Crippen LogP contribution in [0.5, 0.6) is 0 Å². The molecule has 0 spiro atoms. The number of hydrogen-bond acceptors (Lipinski definition) is 2.